The van der Waals surface area contributed by atoms with Crippen molar-refractivity contribution in [2.24, 2.45) is 0 Å². The second kappa shape index (κ2) is 6.39. The molecule has 0 fully saturated rings. The molecule has 4 nitrogen and oxygen atoms in total. The van der Waals surface area contributed by atoms with E-state index in [1.54, 1.807) is 0 Å². The minimum Gasteiger partial charge on any atom is -0.493 e. The van der Waals surface area contributed by atoms with Crippen molar-refractivity contribution >= 4 is 21.9 Å². The monoisotopic (exact) mass is 327 g/mol. The number of carbonyl (C=O) groups is 1. The third kappa shape index (κ3) is 3.94. The number of fused-ring (bicyclic) bond motifs is 1. The Hall–Kier alpha value is -1.07. The van der Waals surface area contributed by atoms with Crippen molar-refractivity contribution in [2.45, 2.75) is 25.8 Å². The van der Waals surface area contributed by atoms with Crippen LogP contribution in [0.1, 0.15) is 24.0 Å². The SMILES string of the molecule is CN(CCCC(=O)O)Cc1cc(Br)cc2c1OCC2. The summed E-state index contributed by atoms with van der Waals surface area (Å²) in [6.45, 7) is 2.30. The Labute approximate surface area is 121 Å². The standard InChI is InChI=1S/C14H18BrNO3/c1-16(5-2-3-13(17)18)9-11-8-12(15)7-10-4-6-19-14(10)11/h7-8H,2-6,9H2,1H3,(H,17,18). The van der Waals surface area contributed by atoms with E-state index >= 15 is 0 Å². The minimum absolute atomic E-state index is 0.220. The molecular formula is C14H18BrNO3. The number of ether oxygens (including phenoxy) is 1. The van der Waals surface area contributed by atoms with Gasteiger partial charge in [0.15, 0.2) is 0 Å². The lowest BCUT2D eigenvalue weighted by Crippen LogP contribution is -2.20. The van der Waals surface area contributed by atoms with Crippen molar-refractivity contribution in [1.29, 1.82) is 0 Å². The summed E-state index contributed by atoms with van der Waals surface area (Å²) in [4.78, 5) is 12.6. The van der Waals surface area contributed by atoms with Gasteiger partial charge in [-0.1, -0.05) is 15.9 Å². The number of carboxylic acid groups (broad SMARTS) is 1. The highest BCUT2D eigenvalue weighted by molar-refractivity contribution is 9.10. The molecule has 0 bridgehead atoms. The van der Waals surface area contributed by atoms with Gasteiger partial charge in [0.05, 0.1) is 6.61 Å². The molecule has 1 heterocycles. The molecule has 104 valence electrons. The van der Waals surface area contributed by atoms with Crippen molar-refractivity contribution < 1.29 is 14.6 Å². The molecule has 5 heteroatoms. The first kappa shape index (κ1) is 14.3. The van der Waals surface area contributed by atoms with Crippen LogP contribution in [0, 0.1) is 0 Å². The quantitative estimate of drug-likeness (QED) is 0.872. The zero-order valence-electron chi connectivity index (χ0n) is 11.0. The van der Waals surface area contributed by atoms with E-state index in [1.807, 2.05) is 7.05 Å². The molecule has 2 rings (SSSR count). The second-order valence-corrected chi connectivity index (χ2v) is 5.80. The number of hydrogen-bond donors (Lipinski definition) is 1. The van der Waals surface area contributed by atoms with Gasteiger partial charge in [0.2, 0.25) is 0 Å². The van der Waals surface area contributed by atoms with Crippen LogP contribution in [0.2, 0.25) is 0 Å². The van der Waals surface area contributed by atoms with Crippen molar-refractivity contribution in [3.8, 4) is 5.75 Å². The third-order valence-electron chi connectivity index (χ3n) is 3.20. The first-order valence-corrected chi connectivity index (χ1v) is 7.20. The molecule has 1 aliphatic heterocycles. The molecule has 0 radical (unpaired) electrons. The number of halogens is 1. The Bertz CT molecular complexity index is 476. The van der Waals surface area contributed by atoms with Crippen LogP contribution in [-0.4, -0.2) is 36.2 Å². The zero-order chi connectivity index (χ0) is 13.8. The molecule has 0 aliphatic carbocycles. The maximum absolute atomic E-state index is 10.5. The number of nitrogens with zero attached hydrogens (tertiary/aromatic N) is 1. The van der Waals surface area contributed by atoms with Gasteiger partial charge in [-0.3, -0.25) is 4.79 Å². The zero-order valence-corrected chi connectivity index (χ0v) is 12.6. The molecule has 0 saturated heterocycles. The first-order valence-electron chi connectivity index (χ1n) is 6.40. The summed E-state index contributed by atoms with van der Waals surface area (Å²) in [5.74, 6) is 0.272. The van der Waals surface area contributed by atoms with Crippen LogP contribution < -0.4 is 4.74 Å². The predicted molar refractivity (Wildman–Crippen MR) is 76.5 cm³/mol. The highest BCUT2D eigenvalue weighted by atomic mass is 79.9. The van der Waals surface area contributed by atoms with E-state index in [9.17, 15) is 4.79 Å². The number of benzene rings is 1. The van der Waals surface area contributed by atoms with E-state index in [-0.39, 0.29) is 6.42 Å². The predicted octanol–water partition coefficient (Wildman–Crippen LogP) is 2.68. The van der Waals surface area contributed by atoms with E-state index in [1.165, 1.54) is 11.1 Å². The van der Waals surface area contributed by atoms with E-state index in [4.69, 9.17) is 9.84 Å². The summed E-state index contributed by atoms with van der Waals surface area (Å²) in [7, 11) is 2.00. The van der Waals surface area contributed by atoms with Gasteiger partial charge >= 0.3 is 5.97 Å². The van der Waals surface area contributed by atoms with Gasteiger partial charge in [-0.25, -0.2) is 0 Å². The van der Waals surface area contributed by atoms with Crippen LogP contribution in [0.3, 0.4) is 0 Å². The van der Waals surface area contributed by atoms with Gasteiger partial charge < -0.3 is 14.7 Å². The fraction of sp³-hybridized carbons (Fsp3) is 0.500. The highest BCUT2D eigenvalue weighted by Crippen LogP contribution is 2.33. The van der Waals surface area contributed by atoms with E-state index in [0.29, 0.717) is 6.42 Å². The summed E-state index contributed by atoms with van der Waals surface area (Å²) in [5, 5.41) is 8.63. The molecule has 0 atom stereocenters. The maximum Gasteiger partial charge on any atom is 0.303 e. The van der Waals surface area contributed by atoms with Gasteiger partial charge in [-0.15, -0.1) is 0 Å². The van der Waals surface area contributed by atoms with Crippen LogP contribution in [0.5, 0.6) is 5.75 Å². The number of carboxylic acids is 1. The molecule has 0 aromatic heterocycles. The molecule has 1 aromatic carbocycles. The van der Waals surface area contributed by atoms with E-state index in [2.05, 4.69) is 33.0 Å². The highest BCUT2D eigenvalue weighted by Gasteiger charge is 2.18. The third-order valence-corrected chi connectivity index (χ3v) is 3.65. The van der Waals surface area contributed by atoms with Crippen LogP contribution in [0.15, 0.2) is 16.6 Å². The Kier molecular flexibility index (Phi) is 4.82. The lowest BCUT2D eigenvalue weighted by molar-refractivity contribution is -0.137. The summed E-state index contributed by atoms with van der Waals surface area (Å²) in [6.07, 6.45) is 1.85. The lowest BCUT2D eigenvalue weighted by atomic mass is 10.1. The van der Waals surface area contributed by atoms with Gasteiger partial charge in [-0.05, 0) is 37.7 Å². The summed E-state index contributed by atoms with van der Waals surface area (Å²) >= 11 is 3.53. The Morgan fingerprint density at radius 2 is 2.32 bits per heavy atom. The average Bonchev–Trinajstić information content (AvgIpc) is 2.76. The fourth-order valence-corrected chi connectivity index (χ4v) is 2.89. The molecule has 19 heavy (non-hydrogen) atoms. The molecule has 0 saturated carbocycles. The van der Waals surface area contributed by atoms with E-state index in [0.717, 1.165) is 36.3 Å². The molecule has 0 amide bonds. The smallest absolute Gasteiger partial charge is 0.303 e. The van der Waals surface area contributed by atoms with Crippen LogP contribution >= 0.6 is 15.9 Å². The van der Waals surface area contributed by atoms with E-state index < -0.39 is 5.97 Å². The molecule has 1 aromatic rings. The van der Waals surface area contributed by atoms with Gasteiger partial charge in [0, 0.05) is 29.4 Å². The minimum atomic E-state index is -0.736. The normalized spacial score (nSPS) is 13.4. The van der Waals surface area contributed by atoms with Crippen molar-refractivity contribution in [3.05, 3.63) is 27.7 Å². The Morgan fingerprint density at radius 3 is 3.05 bits per heavy atom. The number of rotatable bonds is 6. The van der Waals surface area contributed by atoms with Gasteiger partial charge in [0.1, 0.15) is 5.75 Å². The first-order chi connectivity index (χ1) is 9.06. The van der Waals surface area contributed by atoms with Crippen LogP contribution in [0.4, 0.5) is 0 Å². The van der Waals surface area contributed by atoms with Gasteiger partial charge in [0.25, 0.3) is 0 Å². The van der Waals surface area contributed by atoms with Crippen molar-refractivity contribution in [3.63, 3.8) is 0 Å². The van der Waals surface area contributed by atoms with Gasteiger partial charge in [-0.2, -0.15) is 0 Å². The molecule has 1 aliphatic rings. The topological polar surface area (TPSA) is 49.8 Å². The number of hydrogen-bond acceptors (Lipinski definition) is 3. The largest absolute Gasteiger partial charge is 0.493 e. The van der Waals surface area contributed by atoms with Crippen LogP contribution in [-0.2, 0) is 17.8 Å². The lowest BCUT2D eigenvalue weighted by Gasteiger charge is -2.18. The second-order valence-electron chi connectivity index (χ2n) is 4.89. The van der Waals surface area contributed by atoms with Crippen molar-refractivity contribution in [1.82, 2.24) is 4.90 Å². The maximum atomic E-state index is 10.5. The summed E-state index contributed by atoms with van der Waals surface area (Å²) in [6, 6.07) is 4.19. The molecule has 1 N–H and O–H groups in total. The molecule has 0 spiro atoms. The summed E-state index contributed by atoms with van der Waals surface area (Å²) in [5.41, 5.74) is 2.42. The van der Waals surface area contributed by atoms with Crippen molar-refractivity contribution in [2.75, 3.05) is 20.2 Å². The Morgan fingerprint density at radius 1 is 1.53 bits per heavy atom. The molecule has 0 unspecified atom stereocenters. The molecular weight excluding hydrogens is 310 g/mol. The fourth-order valence-electron chi connectivity index (χ4n) is 2.33. The average molecular weight is 328 g/mol. The Balaban J connectivity index is 1.97. The number of aliphatic carboxylic acids is 1. The van der Waals surface area contributed by atoms with Crippen LogP contribution in [0.25, 0.3) is 0 Å². The summed E-state index contributed by atoms with van der Waals surface area (Å²) < 4.78 is 6.76.